The van der Waals surface area contributed by atoms with Gasteiger partial charge in [0.25, 0.3) is 0 Å². The minimum absolute atomic E-state index is 0.299. The van der Waals surface area contributed by atoms with E-state index in [0.29, 0.717) is 16.3 Å². The van der Waals surface area contributed by atoms with Crippen LogP contribution in [0, 0.1) is 6.92 Å². The Morgan fingerprint density at radius 1 is 0.762 bits per heavy atom. The van der Waals surface area contributed by atoms with Crippen LogP contribution in [-0.2, 0) is 6.18 Å². The van der Waals surface area contributed by atoms with E-state index in [-0.39, 0.29) is 0 Å². The Morgan fingerprint density at radius 3 is 2.05 bits per heavy atom. The first-order valence-electron chi connectivity index (χ1n) is 6.71. The van der Waals surface area contributed by atoms with Crippen molar-refractivity contribution >= 4 is 32.3 Å². The van der Waals surface area contributed by atoms with Crippen LogP contribution in [0.25, 0.3) is 32.3 Å². The molecule has 4 rings (SSSR count). The van der Waals surface area contributed by atoms with Crippen molar-refractivity contribution in [3.05, 3.63) is 59.7 Å². The smallest absolute Gasteiger partial charge is 0.166 e. The highest BCUT2D eigenvalue weighted by Crippen LogP contribution is 2.41. The molecule has 0 aliphatic carbocycles. The normalized spacial score (nSPS) is 12.8. The van der Waals surface area contributed by atoms with Gasteiger partial charge in [0.1, 0.15) is 0 Å². The Labute approximate surface area is 119 Å². The molecule has 21 heavy (non-hydrogen) atoms. The standard InChI is InChI=1S/C18H11F3/c1-10-14-8-7-12-4-2-3-11-5-6-13(17(14)16(11)12)9-15(10)18(19,20)21/h2-9H,1H3. The lowest BCUT2D eigenvalue weighted by atomic mass is 9.90. The highest BCUT2D eigenvalue weighted by Gasteiger charge is 2.33. The minimum atomic E-state index is -4.32. The molecule has 0 saturated carbocycles. The van der Waals surface area contributed by atoms with Crippen molar-refractivity contribution in [1.29, 1.82) is 0 Å². The zero-order chi connectivity index (χ0) is 14.8. The van der Waals surface area contributed by atoms with Gasteiger partial charge in [0.15, 0.2) is 0 Å². The Hall–Kier alpha value is -2.29. The second kappa shape index (κ2) is 3.88. The maximum Gasteiger partial charge on any atom is 0.416 e. The van der Waals surface area contributed by atoms with Crippen LogP contribution < -0.4 is 0 Å². The molecule has 0 nitrogen and oxygen atoms in total. The van der Waals surface area contributed by atoms with Crippen molar-refractivity contribution in [2.45, 2.75) is 13.1 Å². The molecule has 0 heterocycles. The van der Waals surface area contributed by atoms with Gasteiger partial charge in [-0.1, -0.05) is 42.5 Å². The number of rotatable bonds is 0. The summed E-state index contributed by atoms with van der Waals surface area (Å²) in [7, 11) is 0. The summed E-state index contributed by atoms with van der Waals surface area (Å²) in [6.07, 6.45) is -4.32. The molecule has 0 N–H and O–H groups in total. The summed E-state index contributed by atoms with van der Waals surface area (Å²) in [5.41, 5.74) is -0.248. The zero-order valence-corrected chi connectivity index (χ0v) is 11.3. The van der Waals surface area contributed by atoms with Gasteiger partial charge in [0, 0.05) is 0 Å². The summed E-state index contributed by atoms with van der Waals surface area (Å²) in [4.78, 5) is 0. The molecule has 0 aromatic heterocycles. The zero-order valence-electron chi connectivity index (χ0n) is 11.3. The Kier molecular flexibility index (Phi) is 2.30. The average Bonchev–Trinajstić information content (AvgIpc) is 2.45. The van der Waals surface area contributed by atoms with Gasteiger partial charge in [-0.25, -0.2) is 0 Å². The van der Waals surface area contributed by atoms with E-state index in [0.717, 1.165) is 21.5 Å². The predicted molar refractivity (Wildman–Crippen MR) is 79.9 cm³/mol. The number of aryl methyl sites for hydroxylation is 1. The van der Waals surface area contributed by atoms with E-state index in [1.807, 2.05) is 30.3 Å². The van der Waals surface area contributed by atoms with Crippen LogP contribution in [0.4, 0.5) is 13.2 Å². The maximum absolute atomic E-state index is 13.2. The Bertz CT molecular complexity index is 965. The van der Waals surface area contributed by atoms with Crippen LogP contribution >= 0.6 is 0 Å². The van der Waals surface area contributed by atoms with Crippen molar-refractivity contribution in [3.8, 4) is 0 Å². The Morgan fingerprint density at radius 2 is 1.38 bits per heavy atom. The summed E-state index contributed by atoms with van der Waals surface area (Å²) in [6, 6.07) is 14.6. The molecule has 0 saturated heterocycles. The maximum atomic E-state index is 13.2. The van der Waals surface area contributed by atoms with Gasteiger partial charge in [0.2, 0.25) is 0 Å². The first kappa shape index (κ1) is 12.5. The molecule has 0 amide bonds. The largest absolute Gasteiger partial charge is 0.416 e. The summed E-state index contributed by atoms with van der Waals surface area (Å²) in [5, 5.41) is 5.42. The first-order valence-corrected chi connectivity index (χ1v) is 6.71. The molecule has 0 bridgehead atoms. The van der Waals surface area contributed by atoms with Crippen molar-refractivity contribution in [2.75, 3.05) is 0 Å². The molecule has 0 radical (unpaired) electrons. The lowest BCUT2D eigenvalue weighted by molar-refractivity contribution is -0.137. The molecule has 104 valence electrons. The van der Waals surface area contributed by atoms with E-state index < -0.39 is 11.7 Å². The highest BCUT2D eigenvalue weighted by atomic mass is 19.4. The third-order valence-corrected chi connectivity index (χ3v) is 4.22. The van der Waals surface area contributed by atoms with Crippen LogP contribution in [0.1, 0.15) is 11.1 Å². The summed E-state index contributed by atoms with van der Waals surface area (Å²) < 4.78 is 39.6. The number of hydrogen-bond donors (Lipinski definition) is 0. The van der Waals surface area contributed by atoms with Crippen LogP contribution in [0.2, 0.25) is 0 Å². The molecule has 3 heteroatoms. The summed E-state index contributed by atoms with van der Waals surface area (Å²) in [6.45, 7) is 1.55. The van der Waals surface area contributed by atoms with Gasteiger partial charge in [-0.3, -0.25) is 0 Å². The first-order chi connectivity index (χ1) is 9.97. The third-order valence-electron chi connectivity index (χ3n) is 4.22. The van der Waals surface area contributed by atoms with E-state index in [1.165, 1.54) is 6.07 Å². The molecule has 0 spiro atoms. The van der Waals surface area contributed by atoms with Gasteiger partial charge in [-0.05, 0) is 50.9 Å². The number of alkyl halides is 3. The van der Waals surface area contributed by atoms with Gasteiger partial charge in [-0.2, -0.15) is 13.2 Å². The van der Waals surface area contributed by atoms with Gasteiger partial charge < -0.3 is 0 Å². The van der Waals surface area contributed by atoms with Crippen LogP contribution in [0.3, 0.4) is 0 Å². The van der Waals surface area contributed by atoms with E-state index in [4.69, 9.17) is 0 Å². The molecule has 0 atom stereocenters. The van der Waals surface area contributed by atoms with E-state index >= 15 is 0 Å². The van der Waals surface area contributed by atoms with Crippen molar-refractivity contribution in [3.63, 3.8) is 0 Å². The molecule has 0 fully saturated rings. The summed E-state index contributed by atoms with van der Waals surface area (Å²) in [5.74, 6) is 0. The second-order valence-electron chi connectivity index (χ2n) is 5.40. The van der Waals surface area contributed by atoms with Gasteiger partial charge in [0.05, 0.1) is 5.56 Å². The molecular weight excluding hydrogens is 273 g/mol. The van der Waals surface area contributed by atoms with Crippen LogP contribution in [0.5, 0.6) is 0 Å². The van der Waals surface area contributed by atoms with Gasteiger partial charge >= 0.3 is 6.18 Å². The quantitative estimate of drug-likeness (QED) is 0.352. The van der Waals surface area contributed by atoms with Crippen LogP contribution in [-0.4, -0.2) is 0 Å². The lowest BCUT2D eigenvalue weighted by Gasteiger charge is -2.17. The molecule has 4 aromatic carbocycles. The van der Waals surface area contributed by atoms with E-state index in [9.17, 15) is 13.2 Å². The Balaban J connectivity index is 2.30. The van der Waals surface area contributed by atoms with Crippen molar-refractivity contribution < 1.29 is 13.2 Å². The summed E-state index contributed by atoms with van der Waals surface area (Å²) >= 11 is 0. The molecule has 0 aliphatic heterocycles. The number of benzene rings is 4. The number of halogens is 3. The third kappa shape index (κ3) is 1.63. The lowest BCUT2D eigenvalue weighted by Crippen LogP contribution is -2.08. The predicted octanol–water partition coefficient (Wildman–Crippen LogP) is 5.91. The fraction of sp³-hybridized carbons (Fsp3) is 0.111. The molecule has 0 unspecified atom stereocenters. The molecule has 4 aromatic rings. The second-order valence-corrected chi connectivity index (χ2v) is 5.40. The topological polar surface area (TPSA) is 0 Å². The number of hydrogen-bond acceptors (Lipinski definition) is 0. The molecular formula is C18H11F3. The van der Waals surface area contributed by atoms with Crippen molar-refractivity contribution in [2.24, 2.45) is 0 Å². The minimum Gasteiger partial charge on any atom is -0.166 e. The fourth-order valence-corrected chi connectivity index (χ4v) is 3.25. The van der Waals surface area contributed by atoms with E-state index in [2.05, 4.69) is 0 Å². The highest BCUT2D eigenvalue weighted by molar-refractivity contribution is 6.23. The monoisotopic (exact) mass is 284 g/mol. The molecule has 0 aliphatic rings. The van der Waals surface area contributed by atoms with Gasteiger partial charge in [-0.15, -0.1) is 0 Å². The van der Waals surface area contributed by atoms with Crippen LogP contribution in [0.15, 0.2) is 48.5 Å². The SMILES string of the molecule is Cc1c(C(F)(F)F)cc2ccc3cccc4ccc1c2c34. The van der Waals surface area contributed by atoms with E-state index in [1.54, 1.807) is 19.1 Å². The average molecular weight is 284 g/mol. The fourth-order valence-electron chi connectivity index (χ4n) is 3.25. The van der Waals surface area contributed by atoms with Crippen molar-refractivity contribution in [1.82, 2.24) is 0 Å².